The summed E-state index contributed by atoms with van der Waals surface area (Å²) in [6, 6.07) is 16.4. The van der Waals surface area contributed by atoms with E-state index >= 15 is 0 Å². The Morgan fingerprint density at radius 1 is 0.966 bits per heavy atom. The smallest absolute Gasteiger partial charge is 0.305 e. The zero-order valence-corrected chi connectivity index (χ0v) is 17.0. The second kappa shape index (κ2) is 6.89. The van der Waals surface area contributed by atoms with Crippen molar-refractivity contribution in [3.05, 3.63) is 74.7 Å². The predicted molar refractivity (Wildman–Crippen MR) is 112 cm³/mol. The van der Waals surface area contributed by atoms with Gasteiger partial charge in [-0.1, -0.05) is 53.4 Å². The average molecular weight is 425 g/mol. The number of ether oxygens (including phenoxy) is 1. The van der Waals surface area contributed by atoms with Crippen molar-refractivity contribution in [2.24, 2.45) is 5.92 Å². The van der Waals surface area contributed by atoms with Crippen molar-refractivity contribution in [2.45, 2.75) is 16.2 Å². The summed E-state index contributed by atoms with van der Waals surface area (Å²) in [7, 11) is 1.59. The number of para-hydroxylation sites is 1. The lowest BCUT2D eigenvalue weighted by molar-refractivity contribution is -0.122. The number of fused-ring (bicyclic) bond motifs is 2. The molecule has 146 valence electrons. The van der Waals surface area contributed by atoms with Crippen LogP contribution in [-0.4, -0.2) is 29.2 Å². The maximum atomic E-state index is 13.5. The number of carbonyl (C=O) groups is 2. The number of aromatic amines is 1. The second-order valence-electron chi connectivity index (χ2n) is 6.87. The number of benzene rings is 2. The molecule has 2 aliphatic heterocycles. The Kier molecular flexibility index (Phi) is 4.33. The van der Waals surface area contributed by atoms with Gasteiger partial charge in [-0.15, -0.1) is 0 Å². The van der Waals surface area contributed by atoms with E-state index in [0.29, 0.717) is 16.5 Å². The van der Waals surface area contributed by atoms with E-state index < -0.39 is 11.2 Å². The molecule has 0 unspecified atom stereocenters. The first kappa shape index (κ1) is 18.2. The quantitative estimate of drug-likeness (QED) is 0.653. The summed E-state index contributed by atoms with van der Waals surface area (Å²) in [6.07, 6.45) is 0. The van der Waals surface area contributed by atoms with Gasteiger partial charge in [0.2, 0.25) is 11.8 Å². The molecular formula is C21H16N2O4S2. The van der Waals surface area contributed by atoms with E-state index in [0.717, 1.165) is 21.8 Å². The fourth-order valence-corrected chi connectivity index (χ4v) is 6.53. The van der Waals surface area contributed by atoms with Gasteiger partial charge in [0.1, 0.15) is 11.0 Å². The molecular weight excluding hydrogens is 408 g/mol. The number of amides is 2. The van der Waals surface area contributed by atoms with Gasteiger partial charge in [-0.2, -0.15) is 0 Å². The minimum atomic E-state index is -0.576. The highest BCUT2D eigenvalue weighted by atomic mass is 32.2. The van der Waals surface area contributed by atoms with Crippen LogP contribution in [0.1, 0.15) is 16.4 Å². The third-order valence-electron chi connectivity index (χ3n) is 5.31. The van der Waals surface area contributed by atoms with E-state index in [1.165, 1.54) is 16.7 Å². The van der Waals surface area contributed by atoms with Crippen molar-refractivity contribution in [1.82, 2.24) is 4.98 Å². The lowest BCUT2D eigenvalue weighted by atomic mass is 9.83. The van der Waals surface area contributed by atoms with Gasteiger partial charge in [0.25, 0.3) is 0 Å². The van der Waals surface area contributed by atoms with E-state index in [4.69, 9.17) is 4.74 Å². The summed E-state index contributed by atoms with van der Waals surface area (Å²) in [5, 5.41) is 0.102. The molecule has 0 radical (unpaired) electrons. The van der Waals surface area contributed by atoms with E-state index in [1.807, 2.05) is 30.3 Å². The van der Waals surface area contributed by atoms with Crippen molar-refractivity contribution in [1.29, 1.82) is 0 Å². The van der Waals surface area contributed by atoms with E-state index in [1.54, 1.807) is 31.4 Å². The normalized spacial score (nSPS) is 23.1. The number of H-pyrrole nitrogens is 1. The Morgan fingerprint density at radius 2 is 1.69 bits per heavy atom. The zero-order chi connectivity index (χ0) is 20.1. The molecule has 1 fully saturated rings. The minimum Gasteiger partial charge on any atom is -0.497 e. The van der Waals surface area contributed by atoms with Crippen LogP contribution >= 0.6 is 23.1 Å². The number of nitrogens with one attached hydrogen (secondary N) is 1. The number of methoxy groups -OCH3 is 1. The van der Waals surface area contributed by atoms with Crippen molar-refractivity contribution >= 4 is 40.6 Å². The molecule has 8 heteroatoms. The topological polar surface area (TPSA) is 79.5 Å². The van der Waals surface area contributed by atoms with E-state index in [-0.39, 0.29) is 22.6 Å². The van der Waals surface area contributed by atoms with E-state index in [9.17, 15) is 14.4 Å². The van der Waals surface area contributed by atoms with Crippen LogP contribution in [0.4, 0.5) is 5.69 Å². The molecule has 0 aliphatic carbocycles. The van der Waals surface area contributed by atoms with Crippen molar-refractivity contribution in [3.8, 4) is 5.75 Å². The predicted octanol–water partition coefficient (Wildman–Crippen LogP) is 3.24. The van der Waals surface area contributed by atoms with Crippen LogP contribution in [-0.2, 0) is 9.59 Å². The van der Waals surface area contributed by atoms with Crippen molar-refractivity contribution in [2.75, 3.05) is 12.0 Å². The highest BCUT2D eigenvalue weighted by Crippen LogP contribution is 2.53. The third kappa shape index (κ3) is 2.82. The maximum absolute atomic E-state index is 13.5. The average Bonchev–Trinajstić information content (AvgIpc) is 3.23. The SMILES string of the molecule is COc1ccc([C@@H]2c3sc(=O)[nH]c3S[C@H]3C(=O)N(c4ccccc4)C(=O)[C@@H]23)cc1. The lowest BCUT2D eigenvalue weighted by Crippen LogP contribution is -2.32. The first-order chi connectivity index (χ1) is 14.1. The molecule has 6 nitrogen and oxygen atoms in total. The molecule has 2 aliphatic rings. The van der Waals surface area contributed by atoms with Crippen LogP contribution in [0.15, 0.2) is 64.4 Å². The van der Waals surface area contributed by atoms with Crippen LogP contribution in [0.5, 0.6) is 5.75 Å². The molecule has 3 aromatic rings. The fourth-order valence-electron chi connectivity index (χ4n) is 4.02. The van der Waals surface area contributed by atoms with Gasteiger partial charge in [-0.05, 0) is 29.8 Å². The Balaban J connectivity index is 1.64. The number of imide groups is 1. The Hall–Kier alpha value is -2.84. The second-order valence-corrected chi connectivity index (χ2v) is 9.04. The number of rotatable bonds is 3. The number of aromatic nitrogens is 1. The summed E-state index contributed by atoms with van der Waals surface area (Å²) in [5.74, 6) is -0.701. The summed E-state index contributed by atoms with van der Waals surface area (Å²) in [6.45, 7) is 0. The van der Waals surface area contributed by atoms with Gasteiger partial charge < -0.3 is 9.72 Å². The standard InChI is InChI=1S/C21H16N2O4S2/c1-27-13-9-7-11(8-10-13)14-15-17(28-18-16(14)29-21(26)22-18)20(25)23(19(15)24)12-5-3-2-4-6-12/h2-10,14-15,17H,1H3,(H,22,26)/t14-,15-,17+/m0/s1. The molecule has 1 aromatic heterocycles. The Morgan fingerprint density at radius 3 is 2.38 bits per heavy atom. The number of carbonyl (C=O) groups excluding carboxylic acids is 2. The molecule has 2 amide bonds. The molecule has 0 bridgehead atoms. The van der Waals surface area contributed by atoms with Gasteiger partial charge in [0.15, 0.2) is 0 Å². The molecule has 1 N–H and O–H groups in total. The first-order valence-corrected chi connectivity index (χ1v) is 10.7. The molecule has 0 saturated carbocycles. The summed E-state index contributed by atoms with van der Waals surface area (Å²) in [4.78, 5) is 43.5. The number of anilines is 1. The van der Waals surface area contributed by atoms with Crippen molar-refractivity contribution in [3.63, 3.8) is 0 Å². The van der Waals surface area contributed by atoms with Crippen molar-refractivity contribution < 1.29 is 14.3 Å². The molecule has 5 rings (SSSR count). The first-order valence-electron chi connectivity index (χ1n) is 9.05. The van der Waals surface area contributed by atoms with Crippen LogP contribution in [0.2, 0.25) is 0 Å². The van der Waals surface area contributed by atoms with Crippen LogP contribution in [0.25, 0.3) is 0 Å². The molecule has 0 spiro atoms. The highest BCUT2D eigenvalue weighted by Gasteiger charge is 2.56. The molecule has 3 heterocycles. The summed E-state index contributed by atoms with van der Waals surface area (Å²) < 4.78 is 5.24. The Labute approximate surface area is 174 Å². The third-order valence-corrected chi connectivity index (χ3v) is 7.71. The fraction of sp³-hybridized carbons (Fsp3) is 0.190. The summed E-state index contributed by atoms with van der Waals surface area (Å²) in [5.41, 5.74) is 1.46. The number of thiazole rings is 1. The molecule has 29 heavy (non-hydrogen) atoms. The highest BCUT2D eigenvalue weighted by molar-refractivity contribution is 8.00. The Bertz CT molecular complexity index is 1150. The zero-order valence-electron chi connectivity index (χ0n) is 15.3. The number of thioether (sulfide) groups is 1. The van der Waals surface area contributed by atoms with Crippen LogP contribution < -0.4 is 14.5 Å². The van der Waals surface area contributed by atoms with E-state index in [2.05, 4.69) is 4.98 Å². The minimum absolute atomic E-state index is 0.180. The molecule has 2 aromatic carbocycles. The van der Waals surface area contributed by atoms with Crippen LogP contribution in [0, 0.1) is 5.92 Å². The number of hydrogen-bond donors (Lipinski definition) is 1. The monoisotopic (exact) mass is 424 g/mol. The maximum Gasteiger partial charge on any atom is 0.305 e. The number of hydrogen-bond acceptors (Lipinski definition) is 6. The van der Waals surface area contributed by atoms with Gasteiger partial charge in [0, 0.05) is 10.8 Å². The number of nitrogens with zero attached hydrogens (tertiary/aromatic N) is 1. The van der Waals surface area contributed by atoms with Gasteiger partial charge in [0.05, 0.1) is 23.7 Å². The van der Waals surface area contributed by atoms with Gasteiger partial charge in [-0.3, -0.25) is 14.4 Å². The molecule has 1 saturated heterocycles. The summed E-state index contributed by atoms with van der Waals surface area (Å²) >= 11 is 2.39. The molecule has 3 atom stereocenters. The van der Waals surface area contributed by atoms with Gasteiger partial charge >= 0.3 is 4.87 Å². The van der Waals surface area contributed by atoms with Gasteiger partial charge in [-0.25, -0.2) is 4.90 Å². The largest absolute Gasteiger partial charge is 0.497 e. The van der Waals surface area contributed by atoms with Crippen LogP contribution in [0.3, 0.4) is 0 Å². The lowest BCUT2D eigenvalue weighted by Gasteiger charge is -2.29.